The molecule has 3 rings (SSSR count). The fourth-order valence-electron chi connectivity index (χ4n) is 6.18. The Balaban J connectivity index is 2.19. The highest BCUT2D eigenvalue weighted by atomic mass is 19.1. The number of ether oxygens (including phenoxy) is 1. The molecule has 5 atom stereocenters. The first kappa shape index (κ1) is 15.3. The monoisotopic (exact) mass is 296 g/mol. The molecular weight excluding hydrogens is 267 g/mol. The van der Waals surface area contributed by atoms with E-state index in [0.717, 1.165) is 12.8 Å². The van der Waals surface area contributed by atoms with E-state index in [9.17, 15) is 9.18 Å². The quantitative estimate of drug-likeness (QED) is 0.608. The summed E-state index contributed by atoms with van der Waals surface area (Å²) < 4.78 is 20.3. The fraction of sp³-hybridized carbons (Fsp3) is 0.944. The molecule has 3 heteroatoms. The molecule has 0 radical (unpaired) electrons. The molecule has 0 bridgehead atoms. The maximum Gasteiger partial charge on any atom is 0.307 e. The summed E-state index contributed by atoms with van der Waals surface area (Å²) in [4.78, 5) is 12.1. The van der Waals surface area contributed by atoms with Gasteiger partial charge in [-0.3, -0.25) is 4.79 Å². The van der Waals surface area contributed by atoms with Crippen molar-refractivity contribution < 1.29 is 13.9 Å². The first-order chi connectivity index (χ1) is 9.41. The highest BCUT2D eigenvalue weighted by Gasteiger charge is 2.74. The van der Waals surface area contributed by atoms with Crippen molar-refractivity contribution in [3.8, 4) is 0 Å². The van der Waals surface area contributed by atoms with Crippen LogP contribution in [0.1, 0.15) is 73.6 Å². The zero-order valence-electron chi connectivity index (χ0n) is 14.3. The number of hydrogen-bond acceptors (Lipinski definition) is 2. The average molecular weight is 296 g/mol. The summed E-state index contributed by atoms with van der Waals surface area (Å²) in [6, 6.07) is 0. The predicted octanol–water partition coefficient (Wildman–Crippen LogP) is 4.66. The van der Waals surface area contributed by atoms with E-state index in [1.807, 2.05) is 0 Å². The third kappa shape index (κ3) is 1.51. The van der Waals surface area contributed by atoms with Crippen molar-refractivity contribution in [1.82, 2.24) is 0 Å². The zero-order valence-corrected chi connectivity index (χ0v) is 14.3. The van der Waals surface area contributed by atoms with Gasteiger partial charge >= 0.3 is 5.97 Å². The number of fused-ring (bicyclic) bond motifs is 3. The van der Waals surface area contributed by atoms with E-state index in [1.54, 1.807) is 0 Å². The minimum absolute atomic E-state index is 0.0326. The largest absolute Gasteiger partial charge is 0.459 e. The smallest absolute Gasteiger partial charge is 0.307 e. The Bertz CT molecular complexity index is 501. The van der Waals surface area contributed by atoms with Gasteiger partial charge in [-0.15, -0.1) is 0 Å². The van der Waals surface area contributed by atoms with Crippen molar-refractivity contribution in [2.75, 3.05) is 0 Å². The summed E-state index contributed by atoms with van der Waals surface area (Å²) in [6.07, 6.45) is 2.71. The molecule has 3 fully saturated rings. The lowest BCUT2D eigenvalue weighted by Crippen LogP contribution is -2.68. The van der Waals surface area contributed by atoms with Crippen LogP contribution in [0.4, 0.5) is 4.39 Å². The number of halogens is 1. The number of carbonyl (C=O) groups excluding carboxylic acids is 1. The van der Waals surface area contributed by atoms with Gasteiger partial charge < -0.3 is 4.74 Å². The second-order valence-electron chi connectivity index (χ2n) is 9.27. The molecule has 2 nitrogen and oxygen atoms in total. The van der Waals surface area contributed by atoms with Gasteiger partial charge in [0.25, 0.3) is 0 Å². The third-order valence-electron chi connectivity index (χ3n) is 8.40. The van der Waals surface area contributed by atoms with Crippen LogP contribution in [0, 0.1) is 21.7 Å². The number of rotatable bonds is 0. The van der Waals surface area contributed by atoms with E-state index < -0.39 is 11.8 Å². The molecule has 21 heavy (non-hydrogen) atoms. The molecule has 1 saturated heterocycles. The van der Waals surface area contributed by atoms with Gasteiger partial charge in [0.15, 0.2) is 0 Å². The fourth-order valence-corrected chi connectivity index (χ4v) is 6.18. The Morgan fingerprint density at radius 1 is 0.952 bits per heavy atom. The third-order valence-corrected chi connectivity index (χ3v) is 8.40. The summed E-state index contributed by atoms with van der Waals surface area (Å²) in [5, 5.41) is 0. The van der Waals surface area contributed by atoms with Crippen LogP contribution in [0.3, 0.4) is 0 Å². The van der Waals surface area contributed by atoms with Crippen molar-refractivity contribution in [1.29, 1.82) is 0 Å². The molecule has 0 amide bonds. The molecule has 2 aliphatic carbocycles. The number of hydrogen-bond donors (Lipinski definition) is 0. The minimum atomic E-state index is -0.784. The number of esters is 1. The standard InChI is InChI=1S/C18H29FO2/c1-14(2)9-12(19)10-16(4)15(14,3)7-8-18(6)17(16,5)11-13(20)21-18/h12H,7-11H2,1-6H3/t12?,15-,16-,17+,18+/m0/s1. The van der Waals surface area contributed by atoms with Gasteiger partial charge in [0.05, 0.1) is 6.42 Å². The normalized spacial score (nSPS) is 55.6. The lowest BCUT2D eigenvalue weighted by molar-refractivity contribution is -0.252. The Morgan fingerprint density at radius 2 is 1.57 bits per heavy atom. The molecule has 1 unspecified atom stereocenters. The average Bonchev–Trinajstić information content (AvgIpc) is 2.54. The molecule has 2 saturated carbocycles. The van der Waals surface area contributed by atoms with Crippen molar-refractivity contribution in [2.45, 2.75) is 85.4 Å². The molecule has 0 aromatic heterocycles. The maximum absolute atomic E-state index is 14.6. The van der Waals surface area contributed by atoms with E-state index in [2.05, 4.69) is 41.5 Å². The van der Waals surface area contributed by atoms with Crippen molar-refractivity contribution >= 4 is 5.97 Å². The van der Waals surface area contributed by atoms with Gasteiger partial charge in [-0.1, -0.05) is 34.6 Å². The highest BCUT2D eigenvalue weighted by molar-refractivity contribution is 5.74. The molecule has 0 N–H and O–H groups in total. The van der Waals surface area contributed by atoms with Crippen LogP contribution in [-0.2, 0) is 9.53 Å². The second-order valence-corrected chi connectivity index (χ2v) is 9.27. The minimum Gasteiger partial charge on any atom is -0.459 e. The Kier molecular flexibility index (Phi) is 2.79. The first-order valence-electron chi connectivity index (χ1n) is 8.27. The van der Waals surface area contributed by atoms with E-state index in [4.69, 9.17) is 4.74 Å². The van der Waals surface area contributed by atoms with Gasteiger partial charge in [-0.2, -0.15) is 0 Å². The lowest BCUT2D eigenvalue weighted by atomic mass is 9.34. The molecule has 0 aromatic rings. The van der Waals surface area contributed by atoms with Crippen LogP contribution in [0.2, 0.25) is 0 Å². The lowest BCUT2D eigenvalue weighted by Gasteiger charge is -2.70. The summed E-state index contributed by atoms with van der Waals surface area (Å²) in [6.45, 7) is 13.2. The molecule has 0 aromatic carbocycles. The zero-order chi connectivity index (χ0) is 15.9. The van der Waals surface area contributed by atoms with Crippen molar-refractivity contribution in [3.63, 3.8) is 0 Å². The number of alkyl halides is 1. The first-order valence-corrected chi connectivity index (χ1v) is 8.27. The molecule has 1 heterocycles. The Labute approximate surface area is 127 Å². The maximum atomic E-state index is 14.6. The van der Waals surface area contributed by atoms with E-state index in [1.165, 1.54) is 0 Å². The SMILES string of the molecule is CC1(C)CC(F)C[C@]2(C)[C@@]3(C)CC(=O)O[C@]3(C)CC[C@@]12C. The summed E-state index contributed by atoms with van der Waals surface area (Å²) in [5.74, 6) is -0.107. The van der Waals surface area contributed by atoms with Crippen molar-refractivity contribution in [3.05, 3.63) is 0 Å². The second kappa shape index (κ2) is 3.83. The van der Waals surface area contributed by atoms with Crippen LogP contribution in [-0.4, -0.2) is 17.7 Å². The topological polar surface area (TPSA) is 26.3 Å². The molecule has 1 aliphatic heterocycles. The summed E-state index contributed by atoms with van der Waals surface area (Å²) in [5.41, 5.74) is -0.974. The van der Waals surface area contributed by atoms with E-state index in [-0.39, 0.29) is 27.6 Å². The molecule has 120 valence electrons. The van der Waals surface area contributed by atoms with Gasteiger partial charge in [0.2, 0.25) is 0 Å². The van der Waals surface area contributed by atoms with Crippen LogP contribution < -0.4 is 0 Å². The Morgan fingerprint density at radius 3 is 2.19 bits per heavy atom. The molecular formula is C18H29FO2. The molecule has 0 spiro atoms. The van der Waals surface area contributed by atoms with E-state index >= 15 is 0 Å². The molecule has 3 aliphatic rings. The van der Waals surface area contributed by atoms with Crippen LogP contribution in [0.5, 0.6) is 0 Å². The van der Waals surface area contributed by atoms with Crippen LogP contribution in [0.15, 0.2) is 0 Å². The highest BCUT2D eigenvalue weighted by Crippen LogP contribution is 2.76. The van der Waals surface area contributed by atoms with Crippen molar-refractivity contribution in [2.24, 2.45) is 21.7 Å². The van der Waals surface area contributed by atoms with Gasteiger partial charge in [-0.05, 0) is 48.9 Å². The van der Waals surface area contributed by atoms with Crippen LogP contribution in [0.25, 0.3) is 0 Å². The number of carbonyl (C=O) groups is 1. The van der Waals surface area contributed by atoms with E-state index in [0.29, 0.717) is 19.3 Å². The summed E-state index contributed by atoms with van der Waals surface area (Å²) in [7, 11) is 0. The summed E-state index contributed by atoms with van der Waals surface area (Å²) >= 11 is 0. The van der Waals surface area contributed by atoms with Crippen LogP contribution >= 0.6 is 0 Å². The van der Waals surface area contributed by atoms with Gasteiger partial charge in [0, 0.05) is 5.41 Å². The van der Waals surface area contributed by atoms with Gasteiger partial charge in [0.1, 0.15) is 11.8 Å². The predicted molar refractivity (Wildman–Crippen MR) is 80.6 cm³/mol. The van der Waals surface area contributed by atoms with Gasteiger partial charge in [-0.25, -0.2) is 4.39 Å². The Hall–Kier alpha value is -0.600.